The number of rotatable bonds is 18. The van der Waals surface area contributed by atoms with Crippen molar-refractivity contribution in [2.24, 2.45) is 5.92 Å². The highest BCUT2D eigenvalue weighted by atomic mass is 35.5. The van der Waals surface area contributed by atoms with Crippen molar-refractivity contribution in [2.75, 3.05) is 25.6 Å². The minimum atomic E-state index is 0.182. The first-order valence-electron chi connectivity index (χ1n) is 10.2. The zero-order valence-electron chi connectivity index (χ0n) is 16.1. The van der Waals surface area contributed by atoms with E-state index in [0.29, 0.717) is 25.6 Å². The lowest BCUT2D eigenvalue weighted by Gasteiger charge is -2.17. The normalized spacial score (nSPS) is 12.3. The van der Waals surface area contributed by atoms with Crippen LogP contribution in [0.3, 0.4) is 0 Å². The Morgan fingerprint density at radius 3 is 2.00 bits per heavy atom. The molecule has 0 rings (SSSR count). The van der Waals surface area contributed by atoms with Crippen LogP contribution in [0.2, 0.25) is 0 Å². The van der Waals surface area contributed by atoms with Gasteiger partial charge in [-0.1, -0.05) is 78.1 Å². The summed E-state index contributed by atoms with van der Waals surface area (Å²) in [4.78, 5) is 12.4. The van der Waals surface area contributed by atoms with Crippen LogP contribution < -0.4 is 5.32 Å². The molecule has 0 aliphatic carbocycles. The molecule has 0 heterocycles. The van der Waals surface area contributed by atoms with Crippen LogP contribution in [0.1, 0.15) is 90.9 Å². The van der Waals surface area contributed by atoms with Gasteiger partial charge in [-0.05, 0) is 12.8 Å². The van der Waals surface area contributed by atoms with Crippen LogP contribution in [-0.2, 0) is 9.53 Å². The third-order valence-corrected chi connectivity index (χ3v) is 4.60. The second-order valence-corrected chi connectivity index (χ2v) is 7.07. The summed E-state index contributed by atoms with van der Waals surface area (Å²) in [7, 11) is 0. The lowest BCUT2D eigenvalue weighted by molar-refractivity contribution is -0.125. The molecule has 0 aliphatic rings. The number of alkyl halides is 1. The van der Waals surface area contributed by atoms with Crippen LogP contribution in [0.5, 0.6) is 0 Å². The van der Waals surface area contributed by atoms with Gasteiger partial charge in [0.15, 0.2) is 0 Å². The van der Waals surface area contributed by atoms with Gasteiger partial charge in [0.25, 0.3) is 0 Å². The minimum absolute atomic E-state index is 0.182. The van der Waals surface area contributed by atoms with Gasteiger partial charge in [0, 0.05) is 18.3 Å². The Kier molecular flexibility index (Phi) is 18.8. The highest BCUT2D eigenvalue weighted by molar-refractivity contribution is 6.17. The van der Waals surface area contributed by atoms with Gasteiger partial charge in [-0.25, -0.2) is 0 Å². The summed E-state index contributed by atoms with van der Waals surface area (Å²) in [5, 5.41) is 3.04. The van der Waals surface area contributed by atoms with Crippen LogP contribution in [0.4, 0.5) is 0 Å². The number of nitrogens with one attached hydrogen (secondary N) is 1. The average molecular weight is 362 g/mol. The molecule has 0 saturated carbocycles. The van der Waals surface area contributed by atoms with Crippen molar-refractivity contribution in [1.82, 2.24) is 5.32 Å². The van der Waals surface area contributed by atoms with Crippen molar-refractivity contribution in [3.05, 3.63) is 0 Å². The number of amides is 1. The summed E-state index contributed by atoms with van der Waals surface area (Å²) in [5.41, 5.74) is 0. The first-order valence-corrected chi connectivity index (χ1v) is 10.7. The Hall–Kier alpha value is -0.280. The number of halogens is 1. The zero-order chi connectivity index (χ0) is 17.9. The maximum absolute atomic E-state index is 12.4. The third kappa shape index (κ3) is 15.3. The molecule has 144 valence electrons. The lowest BCUT2D eigenvalue weighted by Crippen LogP contribution is -2.33. The molecule has 0 bridgehead atoms. The van der Waals surface area contributed by atoms with E-state index in [1.807, 2.05) is 0 Å². The molecule has 0 aromatic carbocycles. The van der Waals surface area contributed by atoms with Crippen molar-refractivity contribution < 1.29 is 9.53 Å². The van der Waals surface area contributed by atoms with E-state index in [1.165, 1.54) is 64.2 Å². The molecule has 0 saturated heterocycles. The largest absolute Gasteiger partial charge is 0.378 e. The molecule has 0 spiro atoms. The van der Waals surface area contributed by atoms with Crippen molar-refractivity contribution in [1.29, 1.82) is 0 Å². The van der Waals surface area contributed by atoms with E-state index >= 15 is 0 Å². The van der Waals surface area contributed by atoms with Crippen molar-refractivity contribution in [3.8, 4) is 0 Å². The van der Waals surface area contributed by atoms with E-state index in [4.69, 9.17) is 16.3 Å². The molecular weight excluding hydrogens is 322 g/mol. The summed E-state index contributed by atoms with van der Waals surface area (Å²) in [6.07, 6.45) is 14.7. The van der Waals surface area contributed by atoms with Crippen LogP contribution in [0.15, 0.2) is 0 Å². The summed E-state index contributed by atoms with van der Waals surface area (Å²) in [5.74, 6) is 0.905. The fourth-order valence-corrected chi connectivity index (χ4v) is 3.05. The summed E-state index contributed by atoms with van der Waals surface area (Å²) in [6.45, 7) is 6.17. The molecule has 0 radical (unpaired) electrons. The number of carbonyl (C=O) groups excluding carboxylic acids is 1. The fourth-order valence-electron chi connectivity index (χ4n) is 2.94. The first-order chi connectivity index (χ1) is 11.8. The smallest absolute Gasteiger partial charge is 0.223 e. The van der Waals surface area contributed by atoms with Gasteiger partial charge in [-0.15, -0.1) is 11.6 Å². The highest BCUT2D eigenvalue weighted by Gasteiger charge is 2.17. The topological polar surface area (TPSA) is 38.3 Å². The van der Waals surface area contributed by atoms with E-state index in [9.17, 15) is 4.79 Å². The van der Waals surface area contributed by atoms with Gasteiger partial charge >= 0.3 is 0 Å². The predicted octanol–water partition coefficient (Wildman–Crippen LogP) is 5.70. The first kappa shape index (κ1) is 23.7. The Morgan fingerprint density at radius 2 is 1.42 bits per heavy atom. The van der Waals surface area contributed by atoms with Gasteiger partial charge in [-0.3, -0.25) is 4.79 Å². The van der Waals surface area contributed by atoms with E-state index in [0.717, 1.165) is 12.8 Å². The summed E-state index contributed by atoms with van der Waals surface area (Å²) >= 11 is 5.57. The van der Waals surface area contributed by atoms with E-state index in [1.54, 1.807) is 0 Å². The lowest BCUT2D eigenvalue weighted by atomic mass is 9.93. The fraction of sp³-hybridized carbons (Fsp3) is 0.950. The Balaban J connectivity index is 3.98. The molecular formula is C20H40ClNO2. The SMILES string of the molecule is CCCCCCCCC(CCCCCC)C(=O)NCCOCCCl. The molecule has 0 aliphatic heterocycles. The van der Waals surface area contributed by atoms with Crippen LogP contribution in [0.25, 0.3) is 0 Å². The van der Waals surface area contributed by atoms with E-state index in [-0.39, 0.29) is 11.8 Å². The predicted molar refractivity (Wildman–Crippen MR) is 105 cm³/mol. The van der Waals surface area contributed by atoms with Crippen LogP contribution in [-0.4, -0.2) is 31.5 Å². The van der Waals surface area contributed by atoms with E-state index in [2.05, 4.69) is 19.2 Å². The molecule has 0 aromatic heterocycles. The van der Waals surface area contributed by atoms with Crippen LogP contribution >= 0.6 is 11.6 Å². The molecule has 1 unspecified atom stereocenters. The molecule has 4 heteroatoms. The van der Waals surface area contributed by atoms with Crippen molar-refractivity contribution >= 4 is 17.5 Å². The second-order valence-electron chi connectivity index (χ2n) is 6.70. The Labute approximate surface area is 155 Å². The van der Waals surface area contributed by atoms with Gasteiger partial charge in [0.05, 0.1) is 13.2 Å². The molecule has 3 nitrogen and oxygen atoms in total. The number of carbonyl (C=O) groups is 1. The third-order valence-electron chi connectivity index (χ3n) is 4.45. The van der Waals surface area contributed by atoms with Crippen molar-refractivity contribution in [3.63, 3.8) is 0 Å². The Morgan fingerprint density at radius 1 is 0.875 bits per heavy atom. The van der Waals surface area contributed by atoms with E-state index < -0.39 is 0 Å². The highest BCUT2D eigenvalue weighted by Crippen LogP contribution is 2.19. The van der Waals surface area contributed by atoms with Gasteiger partial charge < -0.3 is 10.1 Å². The number of hydrogen-bond acceptors (Lipinski definition) is 2. The Bertz CT molecular complexity index is 274. The van der Waals surface area contributed by atoms with Gasteiger partial charge in [-0.2, -0.15) is 0 Å². The van der Waals surface area contributed by atoms with Crippen LogP contribution in [0, 0.1) is 5.92 Å². The quantitative estimate of drug-likeness (QED) is 0.251. The van der Waals surface area contributed by atoms with Crippen molar-refractivity contribution in [2.45, 2.75) is 90.9 Å². The number of ether oxygens (including phenoxy) is 1. The molecule has 24 heavy (non-hydrogen) atoms. The molecule has 0 fully saturated rings. The average Bonchev–Trinajstić information content (AvgIpc) is 2.59. The molecule has 1 N–H and O–H groups in total. The van der Waals surface area contributed by atoms with Gasteiger partial charge in [0.2, 0.25) is 5.91 Å². The summed E-state index contributed by atoms with van der Waals surface area (Å²) < 4.78 is 5.32. The standard InChI is InChI=1S/C20H40ClNO2/c1-3-5-7-9-10-12-14-19(13-11-8-6-4-2)20(23)22-16-18-24-17-15-21/h19H,3-18H2,1-2H3,(H,22,23). The monoisotopic (exact) mass is 361 g/mol. The maximum atomic E-state index is 12.4. The van der Waals surface area contributed by atoms with Gasteiger partial charge in [0.1, 0.15) is 0 Å². The number of hydrogen-bond donors (Lipinski definition) is 1. The summed E-state index contributed by atoms with van der Waals surface area (Å²) in [6, 6.07) is 0. The molecule has 1 amide bonds. The second kappa shape index (κ2) is 19.1. The molecule has 0 aromatic rings. The zero-order valence-corrected chi connectivity index (χ0v) is 16.8. The molecule has 1 atom stereocenters. The minimum Gasteiger partial charge on any atom is -0.378 e. The number of unbranched alkanes of at least 4 members (excludes halogenated alkanes) is 8. The maximum Gasteiger partial charge on any atom is 0.223 e.